The fourth-order valence-corrected chi connectivity index (χ4v) is 3.27. The van der Waals surface area contributed by atoms with Crippen molar-refractivity contribution in [3.63, 3.8) is 0 Å². The van der Waals surface area contributed by atoms with E-state index in [4.69, 9.17) is 4.74 Å². The minimum absolute atomic E-state index is 0.307. The predicted octanol–water partition coefficient (Wildman–Crippen LogP) is 5.18. The lowest BCUT2D eigenvalue weighted by Gasteiger charge is -2.01. The van der Waals surface area contributed by atoms with E-state index in [-0.39, 0.29) is 5.97 Å². The highest BCUT2D eigenvalue weighted by atomic mass is 32.1. The van der Waals surface area contributed by atoms with Gasteiger partial charge in [0.1, 0.15) is 0 Å². The van der Waals surface area contributed by atoms with Gasteiger partial charge < -0.3 is 4.74 Å². The molecule has 2 nitrogen and oxygen atoms in total. The van der Waals surface area contributed by atoms with Crippen LogP contribution in [0.25, 0.3) is 20.9 Å². The summed E-state index contributed by atoms with van der Waals surface area (Å²) in [4.78, 5) is 13.9. The van der Waals surface area contributed by atoms with E-state index in [1.807, 2.05) is 12.1 Å². The van der Waals surface area contributed by atoms with Crippen molar-refractivity contribution >= 4 is 17.3 Å². The van der Waals surface area contributed by atoms with Gasteiger partial charge in [0.05, 0.1) is 12.7 Å². The zero-order valence-corrected chi connectivity index (χ0v) is 13.3. The summed E-state index contributed by atoms with van der Waals surface area (Å²) in [6.07, 6.45) is 0. The molecule has 1 aromatic heterocycles. The number of thiophene rings is 1. The SMILES string of the molecule is COC(=O)c1ccc(-c2ccc(-c3ccc(C)cc3)s2)cc1. The van der Waals surface area contributed by atoms with E-state index < -0.39 is 0 Å². The average molecular weight is 308 g/mol. The Labute approximate surface area is 134 Å². The highest BCUT2D eigenvalue weighted by molar-refractivity contribution is 7.18. The first-order valence-electron chi connectivity index (χ1n) is 7.03. The Hall–Kier alpha value is -2.39. The van der Waals surface area contributed by atoms with Crippen LogP contribution in [-0.4, -0.2) is 13.1 Å². The Bertz CT molecular complexity index is 783. The molecule has 2 aromatic carbocycles. The molecule has 110 valence electrons. The summed E-state index contributed by atoms with van der Waals surface area (Å²) < 4.78 is 4.72. The molecule has 22 heavy (non-hydrogen) atoms. The molecule has 3 aromatic rings. The van der Waals surface area contributed by atoms with Gasteiger partial charge in [0.2, 0.25) is 0 Å². The minimum Gasteiger partial charge on any atom is -0.465 e. The standard InChI is InChI=1S/C19H16O2S/c1-13-3-5-14(6-4-13)17-11-12-18(22-17)15-7-9-16(10-8-15)19(20)21-2/h3-12H,1-2H3. The molecule has 0 aliphatic rings. The fraction of sp³-hybridized carbons (Fsp3) is 0.105. The minimum atomic E-state index is -0.307. The molecular formula is C19H16O2S. The smallest absolute Gasteiger partial charge is 0.337 e. The van der Waals surface area contributed by atoms with Crippen molar-refractivity contribution in [2.75, 3.05) is 7.11 Å². The van der Waals surface area contributed by atoms with Gasteiger partial charge in [-0.3, -0.25) is 0 Å². The number of carbonyl (C=O) groups is 1. The third-order valence-electron chi connectivity index (χ3n) is 3.53. The van der Waals surface area contributed by atoms with Crippen molar-refractivity contribution in [2.45, 2.75) is 6.92 Å². The van der Waals surface area contributed by atoms with Crippen LogP contribution in [0.3, 0.4) is 0 Å². The van der Waals surface area contributed by atoms with Gasteiger partial charge in [-0.1, -0.05) is 42.0 Å². The van der Waals surface area contributed by atoms with Crippen LogP contribution in [0.4, 0.5) is 0 Å². The van der Waals surface area contributed by atoms with Gasteiger partial charge in [-0.25, -0.2) is 4.79 Å². The van der Waals surface area contributed by atoms with E-state index in [2.05, 4.69) is 43.3 Å². The molecule has 0 saturated carbocycles. The number of rotatable bonds is 3. The molecule has 0 bridgehead atoms. The summed E-state index contributed by atoms with van der Waals surface area (Å²) in [5.74, 6) is -0.307. The van der Waals surface area contributed by atoms with Gasteiger partial charge in [0, 0.05) is 9.75 Å². The van der Waals surface area contributed by atoms with Crippen molar-refractivity contribution < 1.29 is 9.53 Å². The molecule has 0 amide bonds. The van der Waals surface area contributed by atoms with Crippen molar-refractivity contribution in [2.24, 2.45) is 0 Å². The summed E-state index contributed by atoms with van der Waals surface area (Å²) in [5.41, 5.74) is 4.17. The van der Waals surface area contributed by atoms with E-state index >= 15 is 0 Å². The van der Waals surface area contributed by atoms with E-state index in [0.717, 1.165) is 5.56 Å². The number of methoxy groups -OCH3 is 1. The predicted molar refractivity (Wildman–Crippen MR) is 91.3 cm³/mol. The van der Waals surface area contributed by atoms with Crippen LogP contribution in [0, 0.1) is 6.92 Å². The second kappa shape index (κ2) is 6.16. The zero-order chi connectivity index (χ0) is 15.5. The molecule has 0 spiro atoms. The quantitative estimate of drug-likeness (QED) is 0.623. The average Bonchev–Trinajstić information content (AvgIpc) is 3.05. The Kier molecular flexibility index (Phi) is 4.07. The molecule has 1 heterocycles. The highest BCUT2D eigenvalue weighted by Gasteiger charge is 2.08. The van der Waals surface area contributed by atoms with E-state index in [9.17, 15) is 4.79 Å². The number of carbonyl (C=O) groups excluding carboxylic acids is 1. The third-order valence-corrected chi connectivity index (χ3v) is 4.72. The largest absolute Gasteiger partial charge is 0.465 e. The first kappa shape index (κ1) is 14.5. The maximum atomic E-state index is 11.5. The van der Waals surface area contributed by atoms with Crippen molar-refractivity contribution in [3.05, 3.63) is 71.8 Å². The first-order valence-corrected chi connectivity index (χ1v) is 7.84. The van der Waals surface area contributed by atoms with Crippen LogP contribution < -0.4 is 0 Å². The van der Waals surface area contributed by atoms with Crippen LogP contribution in [-0.2, 0) is 4.74 Å². The van der Waals surface area contributed by atoms with Crippen molar-refractivity contribution in [1.82, 2.24) is 0 Å². The summed E-state index contributed by atoms with van der Waals surface area (Å²) in [5, 5.41) is 0. The van der Waals surface area contributed by atoms with Crippen LogP contribution in [0.15, 0.2) is 60.7 Å². The maximum Gasteiger partial charge on any atom is 0.337 e. The number of aryl methyl sites for hydroxylation is 1. The number of hydrogen-bond acceptors (Lipinski definition) is 3. The maximum absolute atomic E-state index is 11.5. The molecule has 0 radical (unpaired) electrons. The summed E-state index contributed by atoms with van der Waals surface area (Å²) in [7, 11) is 1.39. The zero-order valence-electron chi connectivity index (χ0n) is 12.5. The normalized spacial score (nSPS) is 10.5. The molecule has 0 aliphatic heterocycles. The molecule has 0 atom stereocenters. The molecule has 0 fully saturated rings. The molecular weight excluding hydrogens is 292 g/mol. The van der Waals surface area contributed by atoms with Crippen LogP contribution in [0.1, 0.15) is 15.9 Å². The molecule has 3 rings (SSSR count). The second-order valence-electron chi connectivity index (χ2n) is 5.10. The Morgan fingerprint density at radius 3 is 1.82 bits per heavy atom. The fourth-order valence-electron chi connectivity index (χ4n) is 2.25. The second-order valence-corrected chi connectivity index (χ2v) is 6.18. The van der Waals surface area contributed by atoms with E-state index in [1.54, 1.807) is 23.5 Å². The Morgan fingerprint density at radius 1 is 0.818 bits per heavy atom. The van der Waals surface area contributed by atoms with Gasteiger partial charge in [0.25, 0.3) is 0 Å². The van der Waals surface area contributed by atoms with Crippen LogP contribution >= 0.6 is 11.3 Å². The number of ether oxygens (including phenoxy) is 1. The number of benzene rings is 2. The summed E-state index contributed by atoms with van der Waals surface area (Å²) in [6.45, 7) is 2.09. The molecule has 0 unspecified atom stereocenters. The van der Waals surface area contributed by atoms with Crippen LogP contribution in [0.2, 0.25) is 0 Å². The van der Waals surface area contributed by atoms with Gasteiger partial charge in [-0.05, 0) is 42.3 Å². The molecule has 0 aliphatic carbocycles. The van der Waals surface area contributed by atoms with Crippen molar-refractivity contribution in [3.8, 4) is 20.9 Å². The highest BCUT2D eigenvalue weighted by Crippen LogP contribution is 2.34. The Morgan fingerprint density at radius 2 is 1.32 bits per heavy atom. The molecule has 0 N–H and O–H groups in total. The van der Waals surface area contributed by atoms with Gasteiger partial charge >= 0.3 is 5.97 Å². The first-order chi connectivity index (χ1) is 10.7. The van der Waals surface area contributed by atoms with Crippen molar-refractivity contribution in [1.29, 1.82) is 0 Å². The van der Waals surface area contributed by atoms with Gasteiger partial charge in [-0.15, -0.1) is 11.3 Å². The van der Waals surface area contributed by atoms with E-state index in [0.29, 0.717) is 5.56 Å². The number of esters is 1. The number of hydrogen-bond donors (Lipinski definition) is 0. The molecule has 0 saturated heterocycles. The molecule has 3 heteroatoms. The van der Waals surface area contributed by atoms with E-state index in [1.165, 1.54) is 28.0 Å². The lowest BCUT2D eigenvalue weighted by Crippen LogP contribution is -2.00. The lowest BCUT2D eigenvalue weighted by molar-refractivity contribution is 0.0601. The lowest BCUT2D eigenvalue weighted by atomic mass is 10.1. The Balaban J connectivity index is 1.87. The monoisotopic (exact) mass is 308 g/mol. The topological polar surface area (TPSA) is 26.3 Å². The van der Waals surface area contributed by atoms with Gasteiger partial charge in [0.15, 0.2) is 0 Å². The summed E-state index contributed by atoms with van der Waals surface area (Å²) in [6, 6.07) is 20.3. The third kappa shape index (κ3) is 2.95. The summed E-state index contributed by atoms with van der Waals surface area (Å²) >= 11 is 1.75. The van der Waals surface area contributed by atoms with Crippen LogP contribution in [0.5, 0.6) is 0 Å². The van der Waals surface area contributed by atoms with Gasteiger partial charge in [-0.2, -0.15) is 0 Å².